The number of piperazine rings is 1. The van der Waals surface area contributed by atoms with Gasteiger partial charge in [-0.2, -0.15) is 0 Å². The molecule has 1 heterocycles. The van der Waals surface area contributed by atoms with Crippen LogP contribution in [0, 0.1) is 0 Å². The molecule has 6 nitrogen and oxygen atoms in total. The molecule has 0 radical (unpaired) electrons. The minimum Gasteiger partial charge on any atom is -0.352 e. The molecule has 0 atom stereocenters. The van der Waals surface area contributed by atoms with E-state index < -0.39 is 0 Å². The van der Waals surface area contributed by atoms with Gasteiger partial charge in [0.2, 0.25) is 11.8 Å². The summed E-state index contributed by atoms with van der Waals surface area (Å²) in [5, 5.41) is 3.17. The molecular weight excluding hydrogens is 316 g/mol. The Morgan fingerprint density at radius 3 is 2.28 bits per heavy atom. The number of nitrogens with two attached hydrogens (primary N) is 1. The molecule has 144 valence electrons. The predicted octanol–water partition coefficient (Wildman–Crippen LogP) is 1.49. The van der Waals surface area contributed by atoms with Gasteiger partial charge in [0.05, 0.1) is 6.54 Å². The Balaban J connectivity index is 1.57. The zero-order chi connectivity index (χ0) is 17.9. The van der Waals surface area contributed by atoms with Gasteiger partial charge in [0.1, 0.15) is 0 Å². The Labute approximate surface area is 152 Å². The highest BCUT2D eigenvalue weighted by molar-refractivity contribution is 5.78. The summed E-state index contributed by atoms with van der Waals surface area (Å²) in [6.45, 7) is 4.31. The third-order valence-electron chi connectivity index (χ3n) is 5.41. The van der Waals surface area contributed by atoms with Crippen LogP contribution < -0.4 is 11.1 Å². The lowest BCUT2D eigenvalue weighted by Crippen LogP contribution is -2.52. The zero-order valence-corrected chi connectivity index (χ0v) is 15.7. The summed E-state index contributed by atoms with van der Waals surface area (Å²) < 4.78 is 0. The molecule has 2 aliphatic rings. The average molecular weight is 353 g/mol. The topological polar surface area (TPSA) is 78.7 Å². The number of unbranched alkanes of at least 4 members (excludes halogenated alkanes) is 3. The number of nitrogens with zero attached hydrogens (tertiary/aromatic N) is 2. The van der Waals surface area contributed by atoms with E-state index >= 15 is 0 Å². The number of hydrogen-bond donors (Lipinski definition) is 2. The number of carbonyl (C=O) groups excluding carboxylic acids is 2. The molecule has 0 unspecified atom stereocenters. The molecule has 0 aromatic heterocycles. The van der Waals surface area contributed by atoms with Crippen molar-refractivity contribution in [2.45, 2.75) is 70.3 Å². The molecule has 0 spiro atoms. The monoisotopic (exact) mass is 352 g/mol. The quantitative estimate of drug-likeness (QED) is 0.616. The zero-order valence-electron chi connectivity index (χ0n) is 15.7. The number of rotatable bonds is 9. The van der Waals surface area contributed by atoms with Crippen LogP contribution in [0.1, 0.15) is 64.2 Å². The highest BCUT2D eigenvalue weighted by atomic mass is 16.2. The van der Waals surface area contributed by atoms with E-state index in [0.717, 1.165) is 71.2 Å². The first-order valence-electron chi connectivity index (χ1n) is 10.2. The molecule has 0 bridgehead atoms. The summed E-state index contributed by atoms with van der Waals surface area (Å²) >= 11 is 0. The van der Waals surface area contributed by atoms with Crippen LogP contribution in [0.2, 0.25) is 0 Å². The number of carbonyl (C=O) groups is 2. The lowest BCUT2D eigenvalue weighted by atomic mass is 9.95. The highest BCUT2D eigenvalue weighted by Crippen LogP contribution is 2.17. The first-order chi connectivity index (χ1) is 12.2. The third kappa shape index (κ3) is 7.74. The molecule has 25 heavy (non-hydrogen) atoms. The minimum absolute atomic E-state index is 0.145. The predicted molar refractivity (Wildman–Crippen MR) is 100 cm³/mol. The number of amides is 2. The Morgan fingerprint density at radius 1 is 0.920 bits per heavy atom. The van der Waals surface area contributed by atoms with E-state index in [2.05, 4.69) is 10.2 Å². The van der Waals surface area contributed by atoms with Crippen LogP contribution in [-0.2, 0) is 9.59 Å². The van der Waals surface area contributed by atoms with Crippen LogP contribution in [-0.4, -0.2) is 66.9 Å². The van der Waals surface area contributed by atoms with Crippen LogP contribution in [0.3, 0.4) is 0 Å². The van der Waals surface area contributed by atoms with Crippen molar-refractivity contribution in [1.29, 1.82) is 0 Å². The van der Waals surface area contributed by atoms with Gasteiger partial charge < -0.3 is 16.0 Å². The Hall–Kier alpha value is -1.14. The van der Waals surface area contributed by atoms with Gasteiger partial charge in [-0.15, -0.1) is 0 Å². The van der Waals surface area contributed by atoms with Crippen LogP contribution in [0.4, 0.5) is 0 Å². The third-order valence-corrected chi connectivity index (χ3v) is 5.41. The fraction of sp³-hybridized carbons (Fsp3) is 0.895. The van der Waals surface area contributed by atoms with Crippen molar-refractivity contribution in [2.24, 2.45) is 5.73 Å². The number of hydrogen-bond acceptors (Lipinski definition) is 4. The van der Waals surface area contributed by atoms with Crippen molar-refractivity contribution in [3.63, 3.8) is 0 Å². The van der Waals surface area contributed by atoms with Crippen LogP contribution >= 0.6 is 0 Å². The van der Waals surface area contributed by atoms with Crippen LogP contribution in [0.15, 0.2) is 0 Å². The molecule has 6 heteroatoms. The first-order valence-corrected chi connectivity index (χ1v) is 10.2. The van der Waals surface area contributed by atoms with E-state index in [1.165, 1.54) is 19.3 Å². The molecule has 2 amide bonds. The molecule has 2 rings (SSSR count). The Kier molecular flexibility index (Phi) is 9.26. The van der Waals surface area contributed by atoms with Gasteiger partial charge in [0.25, 0.3) is 0 Å². The van der Waals surface area contributed by atoms with Crippen molar-refractivity contribution >= 4 is 11.8 Å². The largest absolute Gasteiger partial charge is 0.352 e. The fourth-order valence-electron chi connectivity index (χ4n) is 3.81. The normalized spacial score (nSPS) is 19.8. The van der Waals surface area contributed by atoms with E-state index in [-0.39, 0.29) is 11.8 Å². The second kappa shape index (κ2) is 11.5. The lowest BCUT2D eigenvalue weighted by Gasteiger charge is -2.34. The molecule has 0 aromatic rings. The summed E-state index contributed by atoms with van der Waals surface area (Å²) in [6.07, 6.45) is 10.9. The van der Waals surface area contributed by atoms with Gasteiger partial charge in [-0.05, 0) is 32.2 Å². The molecular formula is C19H36N4O2. The number of nitrogens with one attached hydrogen (secondary N) is 1. The summed E-state index contributed by atoms with van der Waals surface area (Å²) in [5.74, 6) is 0.408. The first kappa shape index (κ1) is 20.2. The molecule has 1 aliphatic carbocycles. The minimum atomic E-state index is 0.145. The van der Waals surface area contributed by atoms with Gasteiger partial charge in [0, 0.05) is 38.6 Å². The van der Waals surface area contributed by atoms with Crippen molar-refractivity contribution in [1.82, 2.24) is 15.1 Å². The second-order valence-electron chi connectivity index (χ2n) is 7.51. The van der Waals surface area contributed by atoms with E-state index in [4.69, 9.17) is 5.73 Å². The Bertz CT molecular complexity index is 402. The molecule has 1 aliphatic heterocycles. The van der Waals surface area contributed by atoms with Gasteiger partial charge in [-0.1, -0.05) is 32.1 Å². The van der Waals surface area contributed by atoms with Gasteiger partial charge >= 0.3 is 0 Å². The molecule has 2 fully saturated rings. The SMILES string of the molecule is NCCCCCCC(=O)N1CCN(CC(=O)NC2CCCCC2)CC1. The van der Waals surface area contributed by atoms with E-state index in [0.29, 0.717) is 19.0 Å². The smallest absolute Gasteiger partial charge is 0.234 e. The maximum absolute atomic E-state index is 12.2. The van der Waals surface area contributed by atoms with Gasteiger partial charge in [-0.3, -0.25) is 14.5 Å². The van der Waals surface area contributed by atoms with E-state index in [1.807, 2.05) is 4.90 Å². The molecule has 0 aromatic carbocycles. The fourth-order valence-corrected chi connectivity index (χ4v) is 3.81. The Morgan fingerprint density at radius 2 is 1.60 bits per heavy atom. The summed E-state index contributed by atoms with van der Waals surface area (Å²) in [4.78, 5) is 28.5. The second-order valence-corrected chi connectivity index (χ2v) is 7.51. The average Bonchev–Trinajstić information content (AvgIpc) is 2.63. The standard InChI is InChI=1S/C19H36N4O2/c20-11-7-2-1-6-10-19(25)23-14-12-22(13-15-23)16-18(24)21-17-8-4-3-5-9-17/h17H,1-16,20H2,(H,21,24). The lowest BCUT2D eigenvalue weighted by molar-refractivity contribution is -0.133. The maximum atomic E-state index is 12.2. The summed E-state index contributed by atoms with van der Waals surface area (Å²) in [6, 6.07) is 0.378. The maximum Gasteiger partial charge on any atom is 0.234 e. The van der Waals surface area contributed by atoms with Crippen molar-refractivity contribution in [3.8, 4) is 0 Å². The van der Waals surface area contributed by atoms with Crippen molar-refractivity contribution < 1.29 is 9.59 Å². The van der Waals surface area contributed by atoms with Crippen LogP contribution in [0.25, 0.3) is 0 Å². The van der Waals surface area contributed by atoms with Crippen molar-refractivity contribution in [3.05, 3.63) is 0 Å². The molecule has 3 N–H and O–H groups in total. The highest BCUT2D eigenvalue weighted by Gasteiger charge is 2.23. The van der Waals surface area contributed by atoms with Crippen molar-refractivity contribution in [2.75, 3.05) is 39.3 Å². The van der Waals surface area contributed by atoms with E-state index in [9.17, 15) is 9.59 Å². The summed E-state index contributed by atoms with van der Waals surface area (Å²) in [5.41, 5.74) is 5.48. The van der Waals surface area contributed by atoms with Gasteiger partial charge in [-0.25, -0.2) is 0 Å². The van der Waals surface area contributed by atoms with Crippen LogP contribution in [0.5, 0.6) is 0 Å². The van der Waals surface area contributed by atoms with Gasteiger partial charge in [0.15, 0.2) is 0 Å². The molecule has 1 saturated heterocycles. The molecule has 1 saturated carbocycles. The van der Waals surface area contributed by atoms with E-state index in [1.54, 1.807) is 0 Å². The summed E-state index contributed by atoms with van der Waals surface area (Å²) in [7, 11) is 0.